The summed E-state index contributed by atoms with van der Waals surface area (Å²) >= 11 is 0. The van der Waals surface area contributed by atoms with Crippen LogP contribution in [0, 0.1) is 11.8 Å². The molecule has 2 heterocycles. The molecule has 0 amide bonds. The fourth-order valence-electron chi connectivity index (χ4n) is 3.26. The van der Waals surface area contributed by atoms with E-state index in [-0.39, 0.29) is 18.0 Å². The second-order valence-electron chi connectivity index (χ2n) is 5.23. The minimum atomic E-state index is 0.0770. The number of carbonyl (C=O) groups excluding carboxylic acids is 1. The highest BCUT2D eigenvalue weighted by Gasteiger charge is 2.51. The van der Waals surface area contributed by atoms with E-state index in [2.05, 4.69) is 5.32 Å². The first-order chi connectivity index (χ1) is 7.34. The third-order valence-corrected chi connectivity index (χ3v) is 4.25. The average Bonchev–Trinajstić information content (AvgIpc) is 2.80. The van der Waals surface area contributed by atoms with Gasteiger partial charge in [0.05, 0.1) is 5.92 Å². The molecule has 15 heavy (non-hydrogen) atoms. The van der Waals surface area contributed by atoms with Gasteiger partial charge >= 0.3 is 5.97 Å². The predicted octanol–water partition coefficient (Wildman–Crippen LogP) is 1.47. The Balaban J connectivity index is 1.52. The standard InChI is InChI=1S/C12H19NO2/c14-12(11-8-6-10(11)13-7-8)15-9-4-2-1-3-5-9/h8-11,13H,1-7H2. The minimum Gasteiger partial charge on any atom is -0.462 e. The van der Waals surface area contributed by atoms with Crippen molar-refractivity contribution >= 4 is 5.97 Å². The molecule has 4 aliphatic rings. The number of esters is 1. The minimum absolute atomic E-state index is 0.0770. The number of carbonyl (C=O) groups is 1. The van der Waals surface area contributed by atoms with E-state index in [1.807, 2.05) is 0 Å². The van der Waals surface area contributed by atoms with Crippen molar-refractivity contribution in [1.82, 2.24) is 5.32 Å². The van der Waals surface area contributed by atoms with Crippen LogP contribution >= 0.6 is 0 Å². The smallest absolute Gasteiger partial charge is 0.311 e. The zero-order valence-electron chi connectivity index (χ0n) is 9.08. The molecule has 4 rings (SSSR count). The Kier molecular flexibility index (Phi) is 2.43. The molecule has 2 aliphatic heterocycles. The Morgan fingerprint density at radius 2 is 2.00 bits per heavy atom. The molecule has 84 valence electrons. The van der Waals surface area contributed by atoms with Crippen LogP contribution in [0.3, 0.4) is 0 Å². The van der Waals surface area contributed by atoms with Gasteiger partial charge in [-0.05, 0) is 44.6 Å². The van der Waals surface area contributed by atoms with Crippen molar-refractivity contribution in [3.63, 3.8) is 0 Å². The fraction of sp³-hybridized carbons (Fsp3) is 0.917. The van der Waals surface area contributed by atoms with Crippen LogP contribution in [0.25, 0.3) is 0 Å². The highest BCUT2D eigenvalue weighted by atomic mass is 16.5. The first kappa shape index (κ1) is 9.64. The van der Waals surface area contributed by atoms with E-state index < -0.39 is 0 Å². The van der Waals surface area contributed by atoms with Gasteiger partial charge in [-0.25, -0.2) is 0 Å². The summed E-state index contributed by atoms with van der Waals surface area (Å²) in [5.41, 5.74) is 0. The average molecular weight is 209 g/mol. The van der Waals surface area contributed by atoms with Crippen molar-refractivity contribution in [2.45, 2.75) is 50.7 Å². The van der Waals surface area contributed by atoms with Gasteiger partial charge in [0.15, 0.2) is 0 Å². The summed E-state index contributed by atoms with van der Waals surface area (Å²) in [6, 6.07) is 0.436. The Morgan fingerprint density at radius 1 is 1.20 bits per heavy atom. The SMILES string of the molecule is O=C(OC1CCCCC1)C1C2CNC1C2. The largest absolute Gasteiger partial charge is 0.462 e. The van der Waals surface area contributed by atoms with Gasteiger partial charge in [0.1, 0.15) is 6.10 Å². The van der Waals surface area contributed by atoms with E-state index in [0.29, 0.717) is 12.0 Å². The maximum atomic E-state index is 11.9. The third-order valence-electron chi connectivity index (χ3n) is 4.25. The third kappa shape index (κ3) is 1.67. The van der Waals surface area contributed by atoms with E-state index in [1.54, 1.807) is 0 Å². The van der Waals surface area contributed by atoms with Gasteiger partial charge in [0, 0.05) is 6.04 Å². The van der Waals surface area contributed by atoms with Crippen molar-refractivity contribution < 1.29 is 9.53 Å². The molecule has 2 bridgehead atoms. The van der Waals surface area contributed by atoms with Gasteiger partial charge in [0.2, 0.25) is 0 Å². The van der Waals surface area contributed by atoms with Crippen molar-refractivity contribution in [3.05, 3.63) is 0 Å². The number of hydrogen-bond acceptors (Lipinski definition) is 3. The molecule has 0 aromatic rings. The number of ether oxygens (including phenoxy) is 1. The second kappa shape index (κ2) is 3.78. The van der Waals surface area contributed by atoms with E-state index in [1.165, 1.54) is 25.7 Å². The molecule has 3 nitrogen and oxygen atoms in total. The number of nitrogens with one attached hydrogen (secondary N) is 1. The van der Waals surface area contributed by atoms with Crippen LogP contribution in [0.1, 0.15) is 38.5 Å². The highest BCUT2D eigenvalue weighted by molar-refractivity contribution is 5.75. The zero-order chi connectivity index (χ0) is 10.3. The summed E-state index contributed by atoms with van der Waals surface area (Å²) in [6.07, 6.45) is 7.35. The first-order valence-corrected chi connectivity index (χ1v) is 6.28. The summed E-state index contributed by atoms with van der Waals surface area (Å²) in [5.74, 6) is 0.839. The molecule has 0 spiro atoms. The molecule has 0 aromatic carbocycles. The molecule has 2 saturated heterocycles. The molecule has 0 aromatic heterocycles. The zero-order valence-corrected chi connectivity index (χ0v) is 9.08. The van der Waals surface area contributed by atoms with E-state index in [0.717, 1.165) is 19.4 Å². The van der Waals surface area contributed by atoms with E-state index in [4.69, 9.17) is 4.74 Å². The predicted molar refractivity (Wildman–Crippen MR) is 56.4 cm³/mol. The lowest BCUT2D eigenvalue weighted by Gasteiger charge is -2.34. The number of rotatable bonds is 2. The molecule has 3 heteroatoms. The van der Waals surface area contributed by atoms with Crippen LogP contribution < -0.4 is 5.32 Å². The lowest BCUT2D eigenvalue weighted by Crippen LogP contribution is -2.44. The topological polar surface area (TPSA) is 38.3 Å². The Labute approximate surface area is 90.6 Å². The van der Waals surface area contributed by atoms with Crippen molar-refractivity contribution in [3.8, 4) is 0 Å². The van der Waals surface area contributed by atoms with Crippen molar-refractivity contribution in [1.29, 1.82) is 0 Å². The van der Waals surface area contributed by atoms with Crippen LogP contribution in [0.15, 0.2) is 0 Å². The maximum absolute atomic E-state index is 11.9. The van der Waals surface area contributed by atoms with Crippen molar-refractivity contribution in [2.24, 2.45) is 11.8 Å². The van der Waals surface area contributed by atoms with Crippen molar-refractivity contribution in [2.75, 3.05) is 6.54 Å². The summed E-state index contributed by atoms with van der Waals surface area (Å²) in [4.78, 5) is 11.9. The Hall–Kier alpha value is -0.570. The molecular formula is C12H19NO2. The summed E-state index contributed by atoms with van der Waals surface area (Å²) < 4.78 is 5.60. The summed E-state index contributed by atoms with van der Waals surface area (Å²) in [6.45, 7) is 1.02. The number of hydrogen-bond donors (Lipinski definition) is 1. The first-order valence-electron chi connectivity index (χ1n) is 6.28. The van der Waals surface area contributed by atoms with Crippen LogP contribution in [0.2, 0.25) is 0 Å². The van der Waals surface area contributed by atoms with Gasteiger partial charge in [-0.1, -0.05) is 6.42 Å². The van der Waals surface area contributed by atoms with Crippen LogP contribution in [0.4, 0.5) is 0 Å². The van der Waals surface area contributed by atoms with Gasteiger partial charge in [-0.15, -0.1) is 0 Å². The second-order valence-corrected chi connectivity index (χ2v) is 5.23. The molecule has 3 unspecified atom stereocenters. The quantitative estimate of drug-likeness (QED) is 0.700. The Bertz CT molecular complexity index is 246. The Morgan fingerprint density at radius 3 is 2.60 bits per heavy atom. The molecule has 3 atom stereocenters. The van der Waals surface area contributed by atoms with Crippen LogP contribution in [0.5, 0.6) is 0 Å². The molecule has 2 saturated carbocycles. The van der Waals surface area contributed by atoms with Gasteiger partial charge in [-0.2, -0.15) is 0 Å². The van der Waals surface area contributed by atoms with Crippen LogP contribution in [-0.2, 0) is 9.53 Å². The molecular weight excluding hydrogens is 190 g/mol. The summed E-state index contributed by atoms with van der Waals surface area (Å²) in [5, 5.41) is 3.36. The molecule has 2 aliphatic carbocycles. The fourth-order valence-corrected chi connectivity index (χ4v) is 3.26. The van der Waals surface area contributed by atoms with Crippen LogP contribution in [-0.4, -0.2) is 24.7 Å². The molecule has 0 radical (unpaired) electrons. The lowest BCUT2D eigenvalue weighted by molar-refractivity contribution is -0.160. The number of fused-ring (bicyclic) bond motifs is 1. The summed E-state index contributed by atoms with van der Waals surface area (Å²) in [7, 11) is 0. The van der Waals surface area contributed by atoms with Gasteiger partial charge in [-0.3, -0.25) is 4.79 Å². The van der Waals surface area contributed by atoms with Gasteiger partial charge in [0.25, 0.3) is 0 Å². The maximum Gasteiger partial charge on any atom is 0.311 e. The monoisotopic (exact) mass is 209 g/mol. The normalized spacial score (nSPS) is 39.9. The van der Waals surface area contributed by atoms with Gasteiger partial charge < -0.3 is 10.1 Å². The lowest BCUT2D eigenvalue weighted by atomic mass is 9.74. The van der Waals surface area contributed by atoms with E-state index >= 15 is 0 Å². The molecule has 4 fully saturated rings. The van der Waals surface area contributed by atoms with E-state index in [9.17, 15) is 4.79 Å². The molecule has 1 N–H and O–H groups in total. The highest BCUT2D eigenvalue weighted by Crippen LogP contribution is 2.41.